The van der Waals surface area contributed by atoms with E-state index in [1.165, 1.54) is 4.90 Å². The number of nitrogens with one attached hydrogen (secondary N) is 2. The van der Waals surface area contributed by atoms with Gasteiger partial charge in [0.25, 0.3) is 11.8 Å². The maximum atomic E-state index is 15.1. The predicted octanol–water partition coefficient (Wildman–Crippen LogP) is 4.86. The Morgan fingerprint density at radius 2 is 1.72 bits per heavy atom. The lowest BCUT2D eigenvalue weighted by Crippen LogP contribution is -2.56. The number of halogens is 2. The quantitative estimate of drug-likeness (QED) is 0.278. The average Bonchev–Trinajstić information content (AvgIpc) is 3.38. The first-order valence-electron chi connectivity index (χ1n) is 16.1. The molecule has 1 aliphatic heterocycles. The zero-order valence-electron chi connectivity index (χ0n) is 26.2. The molecule has 3 aromatic rings. The first-order chi connectivity index (χ1) is 22.2. The van der Waals surface area contributed by atoms with Crippen molar-refractivity contribution < 1.29 is 28.0 Å². The van der Waals surface area contributed by atoms with E-state index >= 15 is 8.78 Å². The van der Waals surface area contributed by atoms with Crippen LogP contribution in [0.25, 0.3) is 10.8 Å². The summed E-state index contributed by atoms with van der Waals surface area (Å²) < 4.78 is 30.3. The molecular formula is C36H42F2N4O4. The first kappa shape index (κ1) is 33.2. The smallest absolute Gasteiger partial charge is 0.267 e. The van der Waals surface area contributed by atoms with Crippen LogP contribution in [0.15, 0.2) is 66.7 Å². The van der Waals surface area contributed by atoms with Gasteiger partial charge >= 0.3 is 0 Å². The zero-order valence-corrected chi connectivity index (χ0v) is 26.2. The number of amides is 3. The molecule has 8 nitrogen and oxygen atoms in total. The molecule has 2 unspecified atom stereocenters. The van der Waals surface area contributed by atoms with Crippen LogP contribution in [0.5, 0.6) is 0 Å². The Morgan fingerprint density at radius 3 is 2.43 bits per heavy atom. The van der Waals surface area contributed by atoms with Crippen molar-refractivity contribution >= 4 is 34.8 Å². The van der Waals surface area contributed by atoms with Crippen molar-refractivity contribution in [2.45, 2.75) is 63.0 Å². The third kappa shape index (κ3) is 8.15. The summed E-state index contributed by atoms with van der Waals surface area (Å²) >= 11 is 0. The Morgan fingerprint density at radius 1 is 1.00 bits per heavy atom. The minimum atomic E-state index is -3.13. The van der Waals surface area contributed by atoms with E-state index in [0.717, 1.165) is 54.7 Å². The van der Waals surface area contributed by atoms with E-state index in [4.69, 9.17) is 0 Å². The van der Waals surface area contributed by atoms with E-state index in [2.05, 4.69) is 10.6 Å². The van der Waals surface area contributed by atoms with E-state index < -0.39 is 36.9 Å². The van der Waals surface area contributed by atoms with E-state index in [1.807, 2.05) is 30.3 Å². The number of carbonyl (C=O) groups is 4. The van der Waals surface area contributed by atoms with Gasteiger partial charge in [0.05, 0.1) is 19.1 Å². The first-order valence-corrected chi connectivity index (χ1v) is 16.1. The second-order valence-electron chi connectivity index (χ2n) is 12.6. The molecular weight excluding hydrogens is 590 g/mol. The van der Waals surface area contributed by atoms with Gasteiger partial charge in [0, 0.05) is 30.6 Å². The van der Waals surface area contributed by atoms with Gasteiger partial charge in [-0.05, 0) is 66.8 Å². The summed E-state index contributed by atoms with van der Waals surface area (Å²) in [4.78, 5) is 54.8. The number of alkyl halides is 2. The van der Waals surface area contributed by atoms with Gasteiger partial charge in [-0.15, -0.1) is 0 Å². The summed E-state index contributed by atoms with van der Waals surface area (Å²) in [5, 5.41) is 7.21. The van der Waals surface area contributed by atoms with Gasteiger partial charge < -0.3 is 20.4 Å². The normalized spacial score (nSPS) is 18.7. The number of benzene rings is 3. The number of likely N-dealkylation sites (N-methyl/N-ethyl adjacent to an activating group) is 1. The molecule has 1 saturated carbocycles. The number of aldehydes is 1. The van der Waals surface area contributed by atoms with Crippen LogP contribution in [0, 0.1) is 5.92 Å². The molecule has 10 heteroatoms. The minimum absolute atomic E-state index is 0.0140. The topological polar surface area (TPSA) is 98.8 Å². The molecule has 0 bridgehead atoms. The summed E-state index contributed by atoms with van der Waals surface area (Å²) in [5.74, 6) is -4.45. The Kier molecular flexibility index (Phi) is 10.8. The average molecular weight is 633 g/mol. The van der Waals surface area contributed by atoms with Crippen molar-refractivity contribution in [3.63, 3.8) is 0 Å². The van der Waals surface area contributed by atoms with Gasteiger partial charge in [0.15, 0.2) is 0 Å². The van der Waals surface area contributed by atoms with Crippen molar-refractivity contribution in [2.75, 3.05) is 33.2 Å². The van der Waals surface area contributed by atoms with Crippen LogP contribution >= 0.6 is 0 Å². The van der Waals surface area contributed by atoms with Crippen LogP contribution < -0.4 is 10.6 Å². The molecule has 2 atom stereocenters. The lowest BCUT2D eigenvalue weighted by Gasteiger charge is -2.36. The third-order valence-corrected chi connectivity index (χ3v) is 9.18. The molecule has 1 heterocycles. The molecule has 0 aromatic heterocycles. The van der Waals surface area contributed by atoms with Gasteiger partial charge in [0.1, 0.15) is 12.3 Å². The highest BCUT2D eigenvalue weighted by molar-refractivity contribution is 5.99. The Bertz CT molecular complexity index is 1540. The molecule has 0 radical (unpaired) electrons. The van der Waals surface area contributed by atoms with Gasteiger partial charge in [-0.2, -0.15) is 0 Å². The number of carbonyl (C=O) groups excluding carboxylic acids is 4. The largest absolute Gasteiger partial charge is 0.343 e. The van der Waals surface area contributed by atoms with Crippen LogP contribution in [0.1, 0.15) is 64.8 Å². The van der Waals surface area contributed by atoms with Crippen molar-refractivity contribution in [3.8, 4) is 0 Å². The summed E-state index contributed by atoms with van der Waals surface area (Å²) in [5.41, 5.74) is 1.91. The molecule has 2 aliphatic rings. The molecule has 2 N–H and O–H groups in total. The SMILES string of the molecule is CNCC(=O)NC(C(=O)N1CC(F)(F)CC1CN(CCc1ccccc1)C(=O)c1ccc2cc(C=O)ccc2c1)C1CCCCC1. The number of fused-ring (bicyclic) bond motifs is 1. The number of rotatable bonds is 12. The monoisotopic (exact) mass is 632 g/mol. The van der Waals surface area contributed by atoms with Crippen LogP contribution in [-0.4, -0.2) is 85.0 Å². The number of hydrogen-bond acceptors (Lipinski definition) is 5. The van der Waals surface area contributed by atoms with Crippen molar-refractivity contribution in [1.29, 1.82) is 0 Å². The van der Waals surface area contributed by atoms with Gasteiger partial charge in [-0.1, -0.05) is 67.8 Å². The second kappa shape index (κ2) is 14.9. The highest BCUT2D eigenvalue weighted by atomic mass is 19.3. The van der Waals surface area contributed by atoms with Crippen LogP contribution in [-0.2, 0) is 16.0 Å². The highest BCUT2D eigenvalue weighted by Crippen LogP contribution is 2.35. The summed E-state index contributed by atoms with van der Waals surface area (Å²) in [6.07, 6.45) is 5.05. The second-order valence-corrected chi connectivity index (χ2v) is 12.6. The molecule has 1 saturated heterocycles. The van der Waals surface area contributed by atoms with Crippen molar-refractivity contribution in [2.24, 2.45) is 5.92 Å². The van der Waals surface area contributed by atoms with Gasteiger partial charge in [0.2, 0.25) is 11.8 Å². The lowest BCUT2D eigenvalue weighted by atomic mass is 9.83. The van der Waals surface area contributed by atoms with E-state index in [0.29, 0.717) is 17.5 Å². The Labute approximate surface area is 268 Å². The number of hydrogen-bond donors (Lipinski definition) is 2. The molecule has 1 aliphatic carbocycles. The zero-order chi connectivity index (χ0) is 32.7. The molecule has 244 valence electrons. The minimum Gasteiger partial charge on any atom is -0.343 e. The number of likely N-dealkylation sites (tertiary alicyclic amines) is 1. The fourth-order valence-corrected chi connectivity index (χ4v) is 6.82. The Balaban J connectivity index is 1.42. The van der Waals surface area contributed by atoms with Gasteiger partial charge in [-0.25, -0.2) is 8.78 Å². The van der Waals surface area contributed by atoms with Crippen LogP contribution in [0.2, 0.25) is 0 Å². The van der Waals surface area contributed by atoms with Crippen molar-refractivity contribution in [1.82, 2.24) is 20.4 Å². The standard InChI is InChI=1S/C36H42F2N4O4/c1-39-21-32(44)40-33(27-10-6-3-7-11-27)35(46)42-24-36(37,38)20-31(42)22-41(17-16-25-8-4-2-5-9-25)34(45)30-15-14-28-18-26(23-43)12-13-29(28)19-30/h2,4-5,8-9,12-15,18-19,23,27,31,33,39H,3,6-7,10-11,16-17,20-22,24H2,1H3,(H,40,44). The molecule has 46 heavy (non-hydrogen) atoms. The molecule has 5 rings (SSSR count). The predicted molar refractivity (Wildman–Crippen MR) is 173 cm³/mol. The third-order valence-electron chi connectivity index (χ3n) is 9.18. The van der Waals surface area contributed by atoms with Crippen LogP contribution in [0.3, 0.4) is 0 Å². The molecule has 3 aromatic carbocycles. The summed E-state index contributed by atoms with van der Waals surface area (Å²) in [6, 6.07) is 18.2. The molecule has 2 fully saturated rings. The van der Waals surface area contributed by atoms with Crippen molar-refractivity contribution in [3.05, 3.63) is 83.4 Å². The fourth-order valence-electron chi connectivity index (χ4n) is 6.82. The van der Waals surface area contributed by atoms with E-state index in [1.54, 1.807) is 48.3 Å². The maximum absolute atomic E-state index is 15.1. The summed E-state index contributed by atoms with van der Waals surface area (Å²) in [7, 11) is 1.63. The Hall–Kier alpha value is -4.18. The highest BCUT2D eigenvalue weighted by Gasteiger charge is 2.50. The van der Waals surface area contributed by atoms with E-state index in [9.17, 15) is 19.2 Å². The number of nitrogens with zero attached hydrogens (tertiary/aromatic N) is 2. The fraction of sp³-hybridized carbons (Fsp3) is 0.444. The summed E-state index contributed by atoms with van der Waals surface area (Å²) in [6.45, 7) is -0.547. The van der Waals surface area contributed by atoms with E-state index in [-0.39, 0.29) is 37.4 Å². The maximum Gasteiger partial charge on any atom is 0.267 e. The van der Waals surface area contributed by atoms with Gasteiger partial charge in [-0.3, -0.25) is 19.2 Å². The molecule has 0 spiro atoms. The lowest BCUT2D eigenvalue weighted by molar-refractivity contribution is -0.140. The van der Waals surface area contributed by atoms with Crippen LogP contribution in [0.4, 0.5) is 8.78 Å². The molecule has 3 amide bonds.